The molecule has 0 bridgehead atoms. The Morgan fingerprint density at radius 1 is 1.27 bits per heavy atom. The smallest absolute Gasteiger partial charge is 0.185 e. The Morgan fingerprint density at radius 3 is 2.64 bits per heavy atom. The zero-order valence-corrected chi connectivity index (χ0v) is 13.0. The van der Waals surface area contributed by atoms with E-state index >= 15 is 0 Å². The molecule has 2 heterocycles. The molecule has 1 aliphatic heterocycles. The van der Waals surface area contributed by atoms with Gasteiger partial charge in [-0.3, -0.25) is 9.78 Å². The quantitative estimate of drug-likeness (QED) is 0.696. The number of allylic oxidation sites excluding steroid dienone is 1. The summed E-state index contributed by atoms with van der Waals surface area (Å²) in [4.78, 5) is 19.3. The van der Waals surface area contributed by atoms with E-state index in [-0.39, 0.29) is 11.9 Å². The number of aliphatic hydroxyl groups is 1. The second-order valence-electron chi connectivity index (χ2n) is 5.37. The first-order valence-corrected chi connectivity index (χ1v) is 8.24. The molecule has 2 aromatic rings. The van der Waals surface area contributed by atoms with E-state index in [0.717, 1.165) is 36.5 Å². The van der Waals surface area contributed by atoms with Crippen LogP contribution < -0.4 is 4.90 Å². The van der Waals surface area contributed by atoms with Crippen molar-refractivity contribution in [3.8, 4) is 0 Å². The number of nitrogens with zero attached hydrogens (tertiary/aromatic N) is 2. The molecule has 114 valence electrons. The molecule has 0 spiro atoms. The third-order valence-electron chi connectivity index (χ3n) is 3.83. The highest BCUT2D eigenvalue weighted by Gasteiger charge is 2.17. The van der Waals surface area contributed by atoms with Crippen molar-refractivity contribution < 1.29 is 9.90 Å². The summed E-state index contributed by atoms with van der Waals surface area (Å²) in [5, 5.41) is 9.55. The molecule has 1 N–H and O–H groups in total. The normalized spacial score (nSPS) is 16.3. The van der Waals surface area contributed by atoms with Crippen molar-refractivity contribution in [2.75, 3.05) is 18.0 Å². The second-order valence-corrected chi connectivity index (χ2v) is 6.28. The Balaban J connectivity index is 1.65. The van der Waals surface area contributed by atoms with Crippen LogP contribution in [-0.2, 0) is 0 Å². The first-order chi connectivity index (χ1) is 10.7. The maximum absolute atomic E-state index is 12.1. The van der Waals surface area contributed by atoms with E-state index < -0.39 is 0 Å². The van der Waals surface area contributed by atoms with Crippen molar-refractivity contribution in [2.45, 2.75) is 18.9 Å². The predicted octanol–water partition coefficient (Wildman–Crippen LogP) is 3.00. The van der Waals surface area contributed by atoms with Crippen LogP contribution in [0.5, 0.6) is 0 Å². The van der Waals surface area contributed by atoms with Gasteiger partial charge in [-0.2, -0.15) is 0 Å². The molecular weight excluding hydrogens is 296 g/mol. The number of rotatable bonds is 4. The van der Waals surface area contributed by atoms with Crippen LogP contribution in [0, 0.1) is 0 Å². The van der Waals surface area contributed by atoms with Crippen LogP contribution >= 0.6 is 11.3 Å². The van der Waals surface area contributed by atoms with Crippen molar-refractivity contribution in [3.63, 3.8) is 0 Å². The molecule has 0 saturated carbocycles. The van der Waals surface area contributed by atoms with E-state index in [2.05, 4.69) is 9.88 Å². The summed E-state index contributed by atoms with van der Waals surface area (Å²) in [6.45, 7) is 1.72. The predicted molar refractivity (Wildman–Crippen MR) is 89.4 cm³/mol. The monoisotopic (exact) mass is 314 g/mol. The van der Waals surface area contributed by atoms with Crippen molar-refractivity contribution in [1.82, 2.24) is 4.98 Å². The van der Waals surface area contributed by atoms with Gasteiger partial charge in [0.2, 0.25) is 0 Å². The van der Waals surface area contributed by atoms with E-state index in [1.807, 2.05) is 24.3 Å². The summed E-state index contributed by atoms with van der Waals surface area (Å²) in [6, 6.07) is 7.68. The molecule has 1 aromatic heterocycles. The van der Waals surface area contributed by atoms with Gasteiger partial charge in [-0.25, -0.2) is 0 Å². The molecule has 1 aliphatic rings. The average Bonchev–Trinajstić information content (AvgIpc) is 3.07. The van der Waals surface area contributed by atoms with E-state index in [1.165, 1.54) is 11.3 Å². The van der Waals surface area contributed by atoms with Crippen molar-refractivity contribution in [2.24, 2.45) is 0 Å². The van der Waals surface area contributed by atoms with Gasteiger partial charge in [0.25, 0.3) is 0 Å². The van der Waals surface area contributed by atoms with E-state index in [4.69, 9.17) is 0 Å². The van der Waals surface area contributed by atoms with Gasteiger partial charge < -0.3 is 10.0 Å². The number of benzene rings is 1. The fourth-order valence-corrected chi connectivity index (χ4v) is 3.03. The minimum Gasteiger partial charge on any atom is -0.393 e. The van der Waals surface area contributed by atoms with Gasteiger partial charge in [0.15, 0.2) is 5.78 Å². The van der Waals surface area contributed by atoms with Crippen LogP contribution in [0.4, 0.5) is 5.69 Å². The van der Waals surface area contributed by atoms with E-state index in [1.54, 1.807) is 23.9 Å². The number of ketones is 1. The second kappa shape index (κ2) is 6.85. The molecule has 5 heteroatoms. The molecule has 0 radical (unpaired) electrons. The molecule has 22 heavy (non-hydrogen) atoms. The number of hydrogen-bond donors (Lipinski definition) is 1. The molecule has 1 fully saturated rings. The molecular formula is C17H18N2O2S. The maximum Gasteiger partial charge on any atom is 0.185 e. The molecule has 4 nitrogen and oxygen atoms in total. The molecule has 0 unspecified atom stereocenters. The lowest BCUT2D eigenvalue weighted by molar-refractivity contribution is 0.104. The molecule has 3 rings (SSSR count). The average molecular weight is 314 g/mol. The lowest BCUT2D eigenvalue weighted by atomic mass is 10.1. The number of hydrogen-bond acceptors (Lipinski definition) is 5. The molecule has 0 aliphatic carbocycles. The number of aromatic nitrogens is 1. The third kappa shape index (κ3) is 3.61. The van der Waals surface area contributed by atoms with Crippen molar-refractivity contribution in [1.29, 1.82) is 0 Å². The minimum atomic E-state index is -0.172. The van der Waals surface area contributed by atoms with Gasteiger partial charge in [0.1, 0.15) is 0 Å². The number of carbonyl (C=O) groups is 1. The van der Waals surface area contributed by atoms with Gasteiger partial charge in [-0.15, -0.1) is 11.3 Å². The van der Waals surface area contributed by atoms with Crippen LogP contribution in [0.25, 0.3) is 6.08 Å². The van der Waals surface area contributed by atoms with E-state index in [9.17, 15) is 9.90 Å². The third-order valence-corrected chi connectivity index (χ3v) is 4.57. The Morgan fingerprint density at radius 2 is 2.00 bits per heavy atom. The van der Waals surface area contributed by atoms with Gasteiger partial charge in [-0.1, -0.05) is 0 Å². The Hall–Kier alpha value is -1.98. The zero-order chi connectivity index (χ0) is 15.4. The highest BCUT2D eigenvalue weighted by molar-refractivity contribution is 7.10. The zero-order valence-electron chi connectivity index (χ0n) is 12.2. The van der Waals surface area contributed by atoms with E-state index in [0.29, 0.717) is 5.56 Å². The van der Waals surface area contributed by atoms with Crippen LogP contribution in [-0.4, -0.2) is 35.1 Å². The van der Waals surface area contributed by atoms with Gasteiger partial charge in [0.05, 0.1) is 11.6 Å². The highest BCUT2D eigenvalue weighted by atomic mass is 32.1. The lowest BCUT2D eigenvalue weighted by Gasteiger charge is -2.31. The summed E-state index contributed by atoms with van der Waals surface area (Å²) >= 11 is 1.50. The molecule has 1 saturated heterocycles. The van der Waals surface area contributed by atoms with Gasteiger partial charge in [-0.05, 0) is 49.3 Å². The van der Waals surface area contributed by atoms with Crippen LogP contribution in [0.15, 0.2) is 42.0 Å². The molecule has 0 atom stereocenters. The molecule has 1 aromatic carbocycles. The summed E-state index contributed by atoms with van der Waals surface area (Å²) in [6.07, 6.45) is 6.55. The number of thiazole rings is 1. The summed E-state index contributed by atoms with van der Waals surface area (Å²) in [7, 11) is 0. The number of carbonyl (C=O) groups excluding carboxylic acids is 1. The fraction of sp³-hybridized carbons (Fsp3) is 0.294. The summed E-state index contributed by atoms with van der Waals surface area (Å²) < 4.78 is 0. The SMILES string of the molecule is O=C(/C=C/c1cncs1)c1ccc(N2CCC(O)CC2)cc1. The van der Waals surface area contributed by atoms with Crippen molar-refractivity contribution in [3.05, 3.63) is 52.5 Å². The first kappa shape index (κ1) is 14.9. The Labute approximate surface area is 133 Å². The Bertz CT molecular complexity index is 642. The van der Waals surface area contributed by atoms with Crippen LogP contribution in [0.2, 0.25) is 0 Å². The van der Waals surface area contributed by atoms with Gasteiger partial charge in [0, 0.05) is 35.4 Å². The summed E-state index contributed by atoms with van der Waals surface area (Å²) in [5.41, 5.74) is 3.53. The maximum atomic E-state index is 12.1. The minimum absolute atomic E-state index is 0.00554. The highest BCUT2D eigenvalue weighted by Crippen LogP contribution is 2.21. The van der Waals surface area contributed by atoms with Gasteiger partial charge >= 0.3 is 0 Å². The molecule has 0 amide bonds. The lowest BCUT2D eigenvalue weighted by Crippen LogP contribution is -2.35. The standard InChI is InChI=1S/C17H18N2O2S/c20-15-7-9-19(10-8-15)14-3-1-13(2-4-14)17(21)6-5-16-11-18-12-22-16/h1-6,11-12,15,20H,7-10H2/b6-5+. The van der Waals surface area contributed by atoms with Crippen LogP contribution in [0.1, 0.15) is 28.1 Å². The Kier molecular flexibility index (Phi) is 4.65. The largest absolute Gasteiger partial charge is 0.393 e. The summed E-state index contributed by atoms with van der Waals surface area (Å²) in [5.74, 6) is -0.00554. The first-order valence-electron chi connectivity index (χ1n) is 7.36. The topological polar surface area (TPSA) is 53.4 Å². The van der Waals surface area contributed by atoms with Crippen LogP contribution in [0.3, 0.4) is 0 Å². The van der Waals surface area contributed by atoms with Crippen molar-refractivity contribution >= 4 is 28.9 Å². The number of piperidine rings is 1. The number of aliphatic hydroxyl groups excluding tert-OH is 1. The number of anilines is 1. The fourth-order valence-electron chi connectivity index (χ4n) is 2.52.